The molecule has 0 radical (unpaired) electrons. The smallest absolute Gasteiger partial charge is 0.319 e. The van der Waals surface area contributed by atoms with Crippen LogP contribution in [0.15, 0.2) is 41.3 Å². The zero-order valence-corrected chi connectivity index (χ0v) is 20.7. The summed E-state index contributed by atoms with van der Waals surface area (Å²) in [7, 11) is -3.59. The van der Waals surface area contributed by atoms with Crippen LogP contribution in [0.3, 0.4) is 0 Å². The predicted molar refractivity (Wildman–Crippen MR) is 131 cm³/mol. The molecule has 3 rings (SSSR count). The van der Waals surface area contributed by atoms with E-state index >= 15 is 0 Å². The maximum atomic E-state index is 12.4. The van der Waals surface area contributed by atoms with Gasteiger partial charge >= 0.3 is 6.03 Å². The van der Waals surface area contributed by atoms with Gasteiger partial charge in [0.15, 0.2) is 0 Å². The van der Waals surface area contributed by atoms with Gasteiger partial charge in [0.2, 0.25) is 10.0 Å². The summed E-state index contributed by atoms with van der Waals surface area (Å²) in [6.07, 6.45) is 2.81. The van der Waals surface area contributed by atoms with Crippen molar-refractivity contribution >= 4 is 33.3 Å². The van der Waals surface area contributed by atoms with E-state index in [1.807, 2.05) is 26.0 Å². The Kier molecular flexibility index (Phi) is 9.08. The highest BCUT2D eigenvalue weighted by molar-refractivity contribution is 7.89. The predicted octanol–water partition coefficient (Wildman–Crippen LogP) is 3.55. The van der Waals surface area contributed by atoms with Crippen LogP contribution in [0, 0.1) is 19.8 Å². The van der Waals surface area contributed by atoms with Crippen molar-refractivity contribution in [2.45, 2.75) is 38.0 Å². The molecule has 0 saturated carbocycles. The summed E-state index contributed by atoms with van der Waals surface area (Å²) >= 11 is 6.01. The quantitative estimate of drug-likeness (QED) is 0.495. The number of likely N-dealkylation sites (tertiary alicyclic amines) is 1. The van der Waals surface area contributed by atoms with Gasteiger partial charge in [-0.05, 0) is 76.4 Å². The summed E-state index contributed by atoms with van der Waals surface area (Å²) in [6, 6.07) is 9.91. The van der Waals surface area contributed by atoms with E-state index in [9.17, 15) is 13.2 Å². The molecule has 1 aromatic heterocycles. The van der Waals surface area contributed by atoms with Gasteiger partial charge in [0.1, 0.15) is 4.90 Å². The standard InChI is InChI=1S/C23H32ClN5O3S/c1-17-15-20(16-18(2)27-17)28-23(30)25-11-14-29-12-8-19(9-13-29)7-10-26-33(31,32)22-6-4-3-5-21(22)24/h3-6,15-16,19,26H,7-14H2,1-2H3,(H2,25,27,28,30). The third kappa shape index (κ3) is 7.96. The number of hydrogen-bond donors (Lipinski definition) is 3. The Morgan fingerprint density at radius 1 is 1.12 bits per heavy atom. The van der Waals surface area contributed by atoms with E-state index < -0.39 is 10.0 Å². The Hall–Kier alpha value is -2.20. The maximum absolute atomic E-state index is 12.4. The van der Waals surface area contributed by atoms with Crippen LogP contribution < -0.4 is 15.4 Å². The van der Waals surface area contributed by atoms with Gasteiger partial charge in [0.25, 0.3) is 0 Å². The second-order valence-electron chi connectivity index (χ2n) is 8.42. The lowest BCUT2D eigenvalue weighted by Crippen LogP contribution is -2.41. The molecule has 1 fully saturated rings. The molecule has 1 saturated heterocycles. The van der Waals surface area contributed by atoms with Crippen molar-refractivity contribution in [1.82, 2.24) is 19.9 Å². The lowest BCUT2D eigenvalue weighted by atomic mass is 9.94. The molecule has 0 spiro atoms. The summed E-state index contributed by atoms with van der Waals surface area (Å²) in [5.41, 5.74) is 2.47. The molecule has 3 N–H and O–H groups in total. The molecule has 2 heterocycles. The van der Waals surface area contributed by atoms with Gasteiger partial charge in [-0.1, -0.05) is 23.7 Å². The maximum Gasteiger partial charge on any atom is 0.319 e. The average molecular weight is 494 g/mol. The highest BCUT2D eigenvalue weighted by atomic mass is 35.5. The van der Waals surface area contributed by atoms with E-state index in [-0.39, 0.29) is 15.9 Å². The molecule has 0 atom stereocenters. The van der Waals surface area contributed by atoms with E-state index in [4.69, 9.17) is 11.6 Å². The fourth-order valence-corrected chi connectivity index (χ4v) is 5.61. The number of rotatable bonds is 9. The van der Waals surface area contributed by atoms with Gasteiger partial charge < -0.3 is 15.5 Å². The summed E-state index contributed by atoms with van der Waals surface area (Å²) in [6.45, 7) is 7.42. The number of piperidine rings is 1. The molecule has 8 nitrogen and oxygen atoms in total. The Balaban J connectivity index is 1.31. The van der Waals surface area contributed by atoms with Gasteiger partial charge in [-0.25, -0.2) is 17.9 Å². The number of benzene rings is 1. The highest BCUT2D eigenvalue weighted by Crippen LogP contribution is 2.22. The zero-order valence-electron chi connectivity index (χ0n) is 19.1. The number of nitrogens with zero attached hydrogens (tertiary/aromatic N) is 2. The van der Waals surface area contributed by atoms with Crippen molar-refractivity contribution in [3.63, 3.8) is 0 Å². The lowest BCUT2D eigenvalue weighted by Gasteiger charge is -2.32. The Morgan fingerprint density at radius 2 is 1.79 bits per heavy atom. The summed E-state index contributed by atoms with van der Waals surface area (Å²) < 4.78 is 27.5. The molecule has 1 aliphatic heterocycles. The van der Waals surface area contributed by atoms with Crippen LogP contribution in [0.5, 0.6) is 0 Å². The van der Waals surface area contributed by atoms with Crippen molar-refractivity contribution in [2.24, 2.45) is 5.92 Å². The van der Waals surface area contributed by atoms with Crippen LogP contribution in [0.2, 0.25) is 5.02 Å². The fourth-order valence-electron chi connectivity index (χ4n) is 4.05. The molecule has 10 heteroatoms. The number of anilines is 1. The largest absolute Gasteiger partial charge is 0.337 e. The summed E-state index contributed by atoms with van der Waals surface area (Å²) in [5.74, 6) is 0.477. The zero-order chi connectivity index (χ0) is 23.8. The first-order chi connectivity index (χ1) is 15.7. The van der Waals surface area contributed by atoms with E-state index in [1.165, 1.54) is 6.07 Å². The van der Waals surface area contributed by atoms with E-state index in [0.29, 0.717) is 19.0 Å². The van der Waals surface area contributed by atoms with Crippen molar-refractivity contribution in [2.75, 3.05) is 38.0 Å². The first-order valence-electron chi connectivity index (χ1n) is 11.2. The van der Waals surface area contributed by atoms with Gasteiger partial charge in [-0.3, -0.25) is 4.98 Å². The van der Waals surface area contributed by atoms with Crippen LogP contribution >= 0.6 is 11.6 Å². The van der Waals surface area contributed by atoms with E-state index in [0.717, 1.165) is 56.0 Å². The number of sulfonamides is 1. The highest BCUT2D eigenvalue weighted by Gasteiger charge is 2.21. The number of carbonyl (C=O) groups excluding carboxylic acids is 1. The monoisotopic (exact) mass is 493 g/mol. The molecule has 33 heavy (non-hydrogen) atoms. The van der Waals surface area contributed by atoms with Crippen LogP contribution in [0.1, 0.15) is 30.7 Å². The molecular formula is C23H32ClN5O3S. The van der Waals surface area contributed by atoms with Crippen molar-refractivity contribution < 1.29 is 13.2 Å². The third-order valence-corrected chi connectivity index (χ3v) is 7.69. The van der Waals surface area contributed by atoms with Crippen LogP contribution in [0.4, 0.5) is 10.5 Å². The molecule has 1 aromatic carbocycles. The second kappa shape index (κ2) is 11.8. The van der Waals surface area contributed by atoms with Gasteiger partial charge in [0, 0.05) is 36.7 Å². The molecule has 2 amide bonds. The number of nitrogens with one attached hydrogen (secondary N) is 3. The molecule has 180 valence electrons. The first kappa shape index (κ1) is 25.4. The number of carbonyl (C=O) groups is 1. The SMILES string of the molecule is Cc1cc(NC(=O)NCCN2CCC(CCNS(=O)(=O)c3ccccc3Cl)CC2)cc(C)n1. The molecular weight excluding hydrogens is 462 g/mol. The third-order valence-electron chi connectivity index (χ3n) is 5.73. The minimum atomic E-state index is -3.59. The minimum Gasteiger partial charge on any atom is -0.337 e. The van der Waals surface area contributed by atoms with E-state index in [1.54, 1.807) is 18.2 Å². The average Bonchev–Trinajstić information content (AvgIpc) is 2.74. The Bertz CT molecular complexity index is 1040. The van der Waals surface area contributed by atoms with Crippen molar-refractivity contribution in [3.8, 4) is 0 Å². The van der Waals surface area contributed by atoms with E-state index in [2.05, 4.69) is 25.2 Å². The first-order valence-corrected chi connectivity index (χ1v) is 13.1. The number of aryl methyl sites for hydroxylation is 2. The second-order valence-corrected chi connectivity index (χ2v) is 10.6. The fraction of sp³-hybridized carbons (Fsp3) is 0.478. The molecule has 0 bridgehead atoms. The Morgan fingerprint density at radius 3 is 2.45 bits per heavy atom. The summed E-state index contributed by atoms with van der Waals surface area (Å²) in [5, 5.41) is 5.97. The summed E-state index contributed by atoms with van der Waals surface area (Å²) in [4.78, 5) is 18.9. The van der Waals surface area contributed by atoms with Gasteiger partial charge in [-0.15, -0.1) is 0 Å². The molecule has 1 aliphatic rings. The molecule has 2 aromatic rings. The number of amides is 2. The van der Waals surface area contributed by atoms with Crippen molar-refractivity contribution in [1.29, 1.82) is 0 Å². The van der Waals surface area contributed by atoms with Crippen LogP contribution in [0.25, 0.3) is 0 Å². The van der Waals surface area contributed by atoms with Crippen LogP contribution in [-0.2, 0) is 10.0 Å². The molecule has 0 aliphatic carbocycles. The van der Waals surface area contributed by atoms with Gasteiger partial charge in [0.05, 0.1) is 5.02 Å². The number of halogens is 1. The van der Waals surface area contributed by atoms with Crippen molar-refractivity contribution in [3.05, 3.63) is 52.8 Å². The van der Waals surface area contributed by atoms with Gasteiger partial charge in [-0.2, -0.15) is 0 Å². The molecule has 0 unspecified atom stereocenters. The number of urea groups is 1. The van der Waals surface area contributed by atoms with Crippen LogP contribution in [-0.4, -0.2) is 57.1 Å². The lowest BCUT2D eigenvalue weighted by molar-refractivity contribution is 0.180. The number of pyridine rings is 1. The number of aromatic nitrogens is 1. The Labute approximate surface area is 201 Å². The minimum absolute atomic E-state index is 0.118. The topological polar surface area (TPSA) is 103 Å². The number of hydrogen-bond acceptors (Lipinski definition) is 5. The normalized spacial score (nSPS) is 15.4.